The molecule has 0 saturated carbocycles. The molecule has 0 fully saturated rings. The summed E-state index contributed by atoms with van der Waals surface area (Å²) in [5.74, 6) is 1.74. The molecule has 0 spiro atoms. The third-order valence-corrected chi connectivity index (χ3v) is 4.69. The predicted molar refractivity (Wildman–Crippen MR) is 101 cm³/mol. The highest BCUT2D eigenvalue weighted by molar-refractivity contribution is 5.47. The van der Waals surface area contributed by atoms with E-state index in [1.165, 1.54) is 11.1 Å². The van der Waals surface area contributed by atoms with E-state index in [4.69, 9.17) is 9.47 Å². The second kappa shape index (κ2) is 8.88. The van der Waals surface area contributed by atoms with Gasteiger partial charge >= 0.3 is 0 Å². The Bertz CT molecular complexity index is 683. The van der Waals surface area contributed by atoms with Crippen LogP contribution in [0.25, 0.3) is 0 Å². The number of nitrogens with zero attached hydrogens (tertiary/aromatic N) is 1. The normalized spacial score (nSPS) is 13.2. The number of benzene rings is 2. The Morgan fingerprint density at radius 3 is 2.32 bits per heavy atom. The van der Waals surface area contributed by atoms with E-state index in [0.29, 0.717) is 13.2 Å². The lowest BCUT2D eigenvalue weighted by molar-refractivity contribution is 0.169. The van der Waals surface area contributed by atoms with Crippen LogP contribution in [0.1, 0.15) is 30.5 Å². The van der Waals surface area contributed by atoms with Crippen LogP contribution < -0.4 is 14.8 Å². The van der Waals surface area contributed by atoms with Crippen LogP contribution in [0, 0.1) is 0 Å². The zero-order chi connectivity index (χ0) is 17.5. The van der Waals surface area contributed by atoms with Gasteiger partial charge in [0.05, 0.1) is 0 Å². The monoisotopic (exact) mass is 340 g/mol. The molecule has 0 atom stereocenters. The second-order valence-corrected chi connectivity index (χ2v) is 6.27. The van der Waals surface area contributed by atoms with Gasteiger partial charge in [0, 0.05) is 25.2 Å². The van der Waals surface area contributed by atoms with Crippen LogP contribution in [-0.2, 0) is 19.6 Å². The molecule has 2 aromatic carbocycles. The molecule has 0 bridgehead atoms. The summed E-state index contributed by atoms with van der Waals surface area (Å²) in [5.41, 5.74) is 3.91. The Morgan fingerprint density at radius 2 is 1.52 bits per heavy atom. The number of ether oxygens (including phenoxy) is 2. The molecule has 4 nitrogen and oxygen atoms in total. The molecule has 0 aliphatic carbocycles. The van der Waals surface area contributed by atoms with Gasteiger partial charge in [0.25, 0.3) is 0 Å². The van der Waals surface area contributed by atoms with Gasteiger partial charge in [-0.2, -0.15) is 0 Å². The van der Waals surface area contributed by atoms with E-state index in [9.17, 15) is 0 Å². The van der Waals surface area contributed by atoms with Crippen molar-refractivity contribution >= 4 is 0 Å². The molecule has 3 rings (SSSR count). The maximum Gasteiger partial charge on any atom is 0.165 e. The minimum absolute atomic E-state index is 0.622. The minimum atomic E-state index is 0.622. The van der Waals surface area contributed by atoms with Gasteiger partial charge < -0.3 is 14.8 Å². The summed E-state index contributed by atoms with van der Waals surface area (Å²) in [6, 6.07) is 14.8. The van der Waals surface area contributed by atoms with Crippen molar-refractivity contribution in [1.82, 2.24) is 10.2 Å². The van der Waals surface area contributed by atoms with Gasteiger partial charge in [-0.15, -0.1) is 0 Å². The molecule has 1 heterocycles. The average Bonchev–Trinajstić information content (AvgIpc) is 2.67. The van der Waals surface area contributed by atoms with Crippen LogP contribution in [0.2, 0.25) is 0 Å². The fourth-order valence-corrected chi connectivity index (χ4v) is 3.18. The molecule has 134 valence electrons. The first-order chi connectivity index (χ1) is 12.3. The highest BCUT2D eigenvalue weighted by Crippen LogP contribution is 2.33. The molecular formula is C21H28N2O2. The van der Waals surface area contributed by atoms with Crippen molar-refractivity contribution in [1.29, 1.82) is 0 Å². The summed E-state index contributed by atoms with van der Waals surface area (Å²) in [4.78, 5) is 2.44. The summed E-state index contributed by atoms with van der Waals surface area (Å²) in [5, 5.41) is 3.56. The number of hydrogen-bond acceptors (Lipinski definition) is 4. The standard InChI is InChI=1S/C21H28N2O2/c1-3-23(4-2)16-19-9-6-5-8-17(19)14-22-15-18-10-7-11-20-21(18)25-13-12-24-20/h5-11,22H,3-4,12-16H2,1-2H3. The first-order valence-corrected chi connectivity index (χ1v) is 9.19. The minimum Gasteiger partial charge on any atom is -0.486 e. The highest BCUT2D eigenvalue weighted by Gasteiger charge is 2.15. The molecule has 4 heteroatoms. The lowest BCUT2D eigenvalue weighted by Gasteiger charge is -2.22. The van der Waals surface area contributed by atoms with E-state index < -0.39 is 0 Å². The van der Waals surface area contributed by atoms with E-state index >= 15 is 0 Å². The fraction of sp³-hybridized carbons (Fsp3) is 0.429. The van der Waals surface area contributed by atoms with Crippen molar-refractivity contribution in [3.63, 3.8) is 0 Å². The molecule has 1 aliphatic rings. The summed E-state index contributed by atoms with van der Waals surface area (Å²) < 4.78 is 11.4. The summed E-state index contributed by atoms with van der Waals surface area (Å²) in [6.45, 7) is 10.4. The molecule has 1 N–H and O–H groups in total. The number of nitrogens with one attached hydrogen (secondary N) is 1. The van der Waals surface area contributed by atoms with Gasteiger partial charge in [-0.05, 0) is 30.3 Å². The van der Waals surface area contributed by atoms with Gasteiger partial charge in [0.1, 0.15) is 13.2 Å². The van der Waals surface area contributed by atoms with E-state index in [2.05, 4.69) is 54.4 Å². The third kappa shape index (κ3) is 4.53. The van der Waals surface area contributed by atoms with Crippen LogP contribution in [0.4, 0.5) is 0 Å². The maximum absolute atomic E-state index is 5.79. The highest BCUT2D eigenvalue weighted by atomic mass is 16.6. The van der Waals surface area contributed by atoms with E-state index in [1.54, 1.807) is 0 Å². The zero-order valence-electron chi connectivity index (χ0n) is 15.3. The van der Waals surface area contributed by atoms with Crippen molar-refractivity contribution in [3.05, 3.63) is 59.2 Å². The Labute approximate surface area is 150 Å². The molecule has 25 heavy (non-hydrogen) atoms. The summed E-state index contributed by atoms with van der Waals surface area (Å²) >= 11 is 0. The van der Waals surface area contributed by atoms with Crippen LogP contribution in [0.15, 0.2) is 42.5 Å². The van der Waals surface area contributed by atoms with E-state index in [-0.39, 0.29) is 0 Å². The molecule has 0 saturated heterocycles. The van der Waals surface area contributed by atoms with Gasteiger partial charge in [-0.25, -0.2) is 0 Å². The van der Waals surface area contributed by atoms with Crippen molar-refractivity contribution in [2.75, 3.05) is 26.3 Å². The van der Waals surface area contributed by atoms with Crippen LogP contribution >= 0.6 is 0 Å². The number of hydrogen-bond donors (Lipinski definition) is 1. The Morgan fingerprint density at radius 1 is 0.840 bits per heavy atom. The van der Waals surface area contributed by atoms with Gasteiger partial charge in [-0.1, -0.05) is 50.2 Å². The summed E-state index contributed by atoms with van der Waals surface area (Å²) in [6.07, 6.45) is 0. The van der Waals surface area contributed by atoms with E-state index in [0.717, 1.165) is 49.8 Å². The predicted octanol–water partition coefficient (Wildman–Crippen LogP) is 3.59. The van der Waals surface area contributed by atoms with Crippen molar-refractivity contribution in [2.45, 2.75) is 33.5 Å². The zero-order valence-corrected chi connectivity index (χ0v) is 15.3. The van der Waals surface area contributed by atoms with Crippen LogP contribution in [0.3, 0.4) is 0 Å². The Balaban J connectivity index is 1.63. The quantitative estimate of drug-likeness (QED) is 0.796. The van der Waals surface area contributed by atoms with Crippen molar-refractivity contribution in [2.24, 2.45) is 0 Å². The molecular weight excluding hydrogens is 312 g/mol. The van der Waals surface area contributed by atoms with Gasteiger partial charge in [0.2, 0.25) is 0 Å². The number of rotatable bonds is 8. The topological polar surface area (TPSA) is 33.7 Å². The van der Waals surface area contributed by atoms with Crippen LogP contribution in [0.5, 0.6) is 11.5 Å². The maximum atomic E-state index is 5.79. The third-order valence-electron chi connectivity index (χ3n) is 4.69. The smallest absolute Gasteiger partial charge is 0.165 e. The summed E-state index contributed by atoms with van der Waals surface area (Å²) in [7, 11) is 0. The average molecular weight is 340 g/mol. The first-order valence-electron chi connectivity index (χ1n) is 9.19. The SMILES string of the molecule is CCN(CC)Cc1ccccc1CNCc1cccc2c1OCCO2. The molecule has 0 aromatic heterocycles. The van der Waals surface area contributed by atoms with E-state index in [1.807, 2.05) is 12.1 Å². The Kier molecular flexibility index (Phi) is 6.31. The molecule has 0 unspecified atom stereocenters. The lowest BCUT2D eigenvalue weighted by Crippen LogP contribution is -2.24. The Hall–Kier alpha value is -2.04. The fourth-order valence-electron chi connectivity index (χ4n) is 3.18. The number of fused-ring (bicyclic) bond motifs is 1. The van der Waals surface area contributed by atoms with Crippen LogP contribution in [-0.4, -0.2) is 31.2 Å². The van der Waals surface area contributed by atoms with Gasteiger partial charge in [-0.3, -0.25) is 4.90 Å². The lowest BCUT2D eigenvalue weighted by atomic mass is 10.1. The molecule has 0 amide bonds. The largest absolute Gasteiger partial charge is 0.486 e. The second-order valence-electron chi connectivity index (χ2n) is 6.27. The van der Waals surface area contributed by atoms with Crippen molar-refractivity contribution in [3.8, 4) is 11.5 Å². The molecule has 1 aliphatic heterocycles. The van der Waals surface area contributed by atoms with Gasteiger partial charge in [0.15, 0.2) is 11.5 Å². The van der Waals surface area contributed by atoms with Crippen molar-refractivity contribution < 1.29 is 9.47 Å². The molecule has 0 radical (unpaired) electrons. The first kappa shape index (κ1) is 17.8. The molecule has 2 aromatic rings. The number of para-hydroxylation sites is 1.